The summed E-state index contributed by atoms with van der Waals surface area (Å²) in [6.07, 6.45) is 8.13. The average molecular weight is 387 g/mol. The van der Waals surface area contributed by atoms with Crippen LogP contribution in [-0.2, 0) is 16.0 Å². The number of amides is 2. The van der Waals surface area contributed by atoms with Gasteiger partial charge in [0, 0.05) is 19.0 Å². The van der Waals surface area contributed by atoms with E-state index in [-0.39, 0.29) is 29.9 Å². The first-order chi connectivity index (χ1) is 13.5. The first kappa shape index (κ1) is 20.7. The van der Waals surface area contributed by atoms with Crippen LogP contribution in [0, 0.1) is 5.92 Å². The molecule has 28 heavy (non-hydrogen) atoms. The molecule has 2 fully saturated rings. The second-order valence-corrected chi connectivity index (χ2v) is 8.38. The Kier molecular flexibility index (Phi) is 7.35. The van der Waals surface area contributed by atoms with Crippen molar-refractivity contribution in [1.29, 1.82) is 0 Å². The number of likely N-dealkylation sites (tertiary alicyclic amines) is 1. The van der Waals surface area contributed by atoms with Crippen molar-refractivity contribution in [2.45, 2.75) is 77.4 Å². The Morgan fingerprint density at radius 3 is 2.46 bits per heavy atom. The van der Waals surface area contributed by atoms with Crippen molar-refractivity contribution in [1.82, 2.24) is 10.2 Å². The first-order valence-electron chi connectivity index (χ1n) is 10.9. The number of hydrogen-bond acceptors (Lipinski definition) is 3. The summed E-state index contributed by atoms with van der Waals surface area (Å²) in [5, 5.41) is 3.04. The number of nitrogens with one attached hydrogen (secondary N) is 1. The molecule has 1 atom stereocenters. The average Bonchev–Trinajstić information content (AvgIpc) is 3.19. The molecule has 1 aliphatic carbocycles. The van der Waals surface area contributed by atoms with Gasteiger partial charge in [-0.05, 0) is 63.6 Å². The van der Waals surface area contributed by atoms with Gasteiger partial charge in [-0.25, -0.2) is 0 Å². The minimum absolute atomic E-state index is 0.00132. The van der Waals surface area contributed by atoms with Crippen LogP contribution in [0.3, 0.4) is 0 Å². The Bertz CT molecular complexity index is 650. The molecule has 1 aromatic rings. The van der Waals surface area contributed by atoms with Crippen molar-refractivity contribution in [3.63, 3.8) is 0 Å². The maximum Gasteiger partial charge on any atom is 0.242 e. The maximum absolute atomic E-state index is 12.9. The minimum Gasteiger partial charge on any atom is -0.491 e. The zero-order chi connectivity index (χ0) is 19.9. The standard InChI is InChI=1S/C23H34N2O3/c1-17(2)28-20-12-10-18(11-13-20)14-15-24-22(26)21-9-6-16-25(21)23(27)19-7-4-3-5-8-19/h10-13,17,19,21H,3-9,14-16H2,1-2H3,(H,24,26). The van der Waals surface area contributed by atoms with E-state index in [4.69, 9.17) is 4.74 Å². The van der Waals surface area contributed by atoms with Crippen molar-refractivity contribution < 1.29 is 14.3 Å². The largest absolute Gasteiger partial charge is 0.491 e. The van der Waals surface area contributed by atoms with Crippen LogP contribution >= 0.6 is 0 Å². The Morgan fingerprint density at radius 2 is 1.79 bits per heavy atom. The summed E-state index contributed by atoms with van der Waals surface area (Å²) in [4.78, 5) is 27.4. The molecule has 2 amide bonds. The van der Waals surface area contributed by atoms with Crippen molar-refractivity contribution in [2.24, 2.45) is 5.92 Å². The summed E-state index contributed by atoms with van der Waals surface area (Å²) in [6.45, 7) is 5.33. The van der Waals surface area contributed by atoms with E-state index >= 15 is 0 Å². The van der Waals surface area contributed by atoms with E-state index in [9.17, 15) is 9.59 Å². The van der Waals surface area contributed by atoms with Gasteiger partial charge in [0.25, 0.3) is 0 Å². The Morgan fingerprint density at radius 1 is 1.07 bits per heavy atom. The number of ether oxygens (including phenoxy) is 1. The number of rotatable bonds is 7. The highest BCUT2D eigenvalue weighted by Gasteiger charge is 2.37. The summed E-state index contributed by atoms with van der Waals surface area (Å²) in [6, 6.07) is 7.74. The van der Waals surface area contributed by atoms with Gasteiger partial charge in [0.2, 0.25) is 11.8 Å². The van der Waals surface area contributed by atoms with Gasteiger partial charge in [0.15, 0.2) is 0 Å². The number of hydrogen-bond donors (Lipinski definition) is 1. The summed E-state index contributed by atoms with van der Waals surface area (Å²) in [5.74, 6) is 1.21. The van der Waals surface area contributed by atoms with Gasteiger partial charge in [0.1, 0.15) is 11.8 Å². The van der Waals surface area contributed by atoms with Gasteiger partial charge in [-0.3, -0.25) is 9.59 Å². The van der Waals surface area contributed by atoms with E-state index in [2.05, 4.69) is 5.32 Å². The van der Waals surface area contributed by atoms with Crippen LogP contribution in [0.2, 0.25) is 0 Å². The highest BCUT2D eigenvalue weighted by molar-refractivity contribution is 5.89. The van der Waals surface area contributed by atoms with Crippen molar-refractivity contribution in [2.75, 3.05) is 13.1 Å². The van der Waals surface area contributed by atoms with Crippen LogP contribution in [0.4, 0.5) is 0 Å². The molecule has 2 aliphatic rings. The predicted molar refractivity (Wildman–Crippen MR) is 110 cm³/mol. The molecule has 3 rings (SSSR count). The summed E-state index contributed by atoms with van der Waals surface area (Å²) < 4.78 is 5.66. The van der Waals surface area contributed by atoms with Gasteiger partial charge in [0.05, 0.1) is 6.10 Å². The topological polar surface area (TPSA) is 58.6 Å². The van der Waals surface area contributed by atoms with Crippen molar-refractivity contribution in [3.05, 3.63) is 29.8 Å². The van der Waals surface area contributed by atoms with E-state index < -0.39 is 0 Å². The zero-order valence-electron chi connectivity index (χ0n) is 17.3. The molecule has 0 bridgehead atoms. The molecule has 1 heterocycles. The lowest BCUT2D eigenvalue weighted by Gasteiger charge is -2.30. The molecule has 0 spiro atoms. The van der Waals surface area contributed by atoms with Crippen LogP contribution in [0.15, 0.2) is 24.3 Å². The van der Waals surface area contributed by atoms with E-state index in [0.717, 1.165) is 62.8 Å². The van der Waals surface area contributed by atoms with Crippen molar-refractivity contribution in [3.8, 4) is 5.75 Å². The SMILES string of the molecule is CC(C)Oc1ccc(CCNC(=O)C2CCCN2C(=O)C2CCCCC2)cc1. The van der Waals surface area contributed by atoms with Crippen LogP contribution in [-0.4, -0.2) is 41.9 Å². The van der Waals surface area contributed by atoms with Gasteiger partial charge in [-0.15, -0.1) is 0 Å². The van der Waals surface area contributed by atoms with Gasteiger partial charge < -0.3 is 15.0 Å². The van der Waals surface area contributed by atoms with Gasteiger partial charge in [-0.1, -0.05) is 31.4 Å². The molecule has 1 aliphatic heterocycles. The third kappa shape index (κ3) is 5.49. The molecule has 1 aromatic carbocycles. The number of nitrogens with zero attached hydrogens (tertiary/aromatic N) is 1. The van der Waals surface area contributed by atoms with E-state index in [1.54, 1.807) is 0 Å². The summed E-state index contributed by atoms with van der Waals surface area (Å²) in [7, 11) is 0. The second-order valence-electron chi connectivity index (χ2n) is 8.38. The Labute approximate surface area is 168 Å². The van der Waals surface area contributed by atoms with Crippen LogP contribution in [0.1, 0.15) is 64.4 Å². The monoisotopic (exact) mass is 386 g/mol. The molecule has 0 aromatic heterocycles. The predicted octanol–water partition coefficient (Wildman–Crippen LogP) is 3.70. The third-order valence-electron chi connectivity index (χ3n) is 5.80. The molecule has 1 saturated carbocycles. The molecule has 5 heteroatoms. The van der Waals surface area contributed by atoms with E-state index in [0.29, 0.717) is 6.54 Å². The lowest BCUT2D eigenvalue weighted by molar-refractivity contribution is -0.142. The molecule has 1 saturated heterocycles. The highest BCUT2D eigenvalue weighted by atomic mass is 16.5. The van der Waals surface area contributed by atoms with Crippen LogP contribution < -0.4 is 10.1 Å². The fraction of sp³-hybridized carbons (Fsp3) is 0.652. The van der Waals surface area contributed by atoms with Crippen LogP contribution in [0.25, 0.3) is 0 Å². The zero-order valence-corrected chi connectivity index (χ0v) is 17.3. The van der Waals surface area contributed by atoms with Gasteiger partial charge >= 0.3 is 0 Å². The smallest absolute Gasteiger partial charge is 0.242 e. The molecule has 0 radical (unpaired) electrons. The molecule has 5 nitrogen and oxygen atoms in total. The quantitative estimate of drug-likeness (QED) is 0.777. The number of benzene rings is 1. The molecular formula is C23H34N2O3. The van der Waals surface area contributed by atoms with Crippen molar-refractivity contribution >= 4 is 11.8 Å². The Balaban J connectivity index is 1.46. The lowest BCUT2D eigenvalue weighted by atomic mass is 9.88. The van der Waals surface area contributed by atoms with E-state index in [1.807, 2.05) is 43.0 Å². The highest BCUT2D eigenvalue weighted by Crippen LogP contribution is 2.28. The first-order valence-corrected chi connectivity index (χ1v) is 10.9. The fourth-order valence-electron chi connectivity index (χ4n) is 4.34. The van der Waals surface area contributed by atoms with Crippen LogP contribution in [0.5, 0.6) is 5.75 Å². The Hall–Kier alpha value is -2.04. The molecule has 154 valence electrons. The number of carbonyl (C=O) groups is 2. The summed E-state index contributed by atoms with van der Waals surface area (Å²) in [5.41, 5.74) is 1.16. The minimum atomic E-state index is -0.281. The maximum atomic E-state index is 12.9. The molecule has 1 N–H and O–H groups in total. The second kappa shape index (κ2) is 9.94. The fourth-order valence-corrected chi connectivity index (χ4v) is 4.34. The summed E-state index contributed by atoms with van der Waals surface area (Å²) >= 11 is 0. The molecule has 1 unspecified atom stereocenters. The molecular weight excluding hydrogens is 352 g/mol. The van der Waals surface area contributed by atoms with Gasteiger partial charge in [-0.2, -0.15) is 0 Å². The number of carbonyl (C=O) groups excluding carboxylic acids is 2. The lowest BCUT2D eigenvalue weighted by Crippen LogP contribution is -2.48. The third-order valence-corrected chi connectivity index (χ3v) is 5.80. The normalized spacial score (nSPS) is 20.4. The van der Waals surface area contributed by atoms with E-state index in [1.165, 1.54) is 6.42 Å².